The minimum absolute atomic E-state index is 0.179. The Morgan fingerprint density at radius 2 is 1.93 bits per heavy atom. The standard InChI is InChI=1S/C10H21N3O2/c1-10(2,3)9(14)15-13-6-4-8(12-11)5-7-13/h8,12H,4-7,11H2,1-3H3. The molecular formula is C10H21N3O2. The largest absolute Gasteiger partial charge is 0.367 e. The van der Waals surface area contributed by atoms with E-state index >= 15 is 0 Å². The Labute approximate surface area is 90.9 Å². The van der Waals surface area contributed by atoms with Gasteiger partial charge in [0.15, 0.2) is 0 Å². The molecular weight excluding hydrogens is 194 g/mol. The third-order valence-electron chi connectivity index (χ3n) is 2.51. The zero-order chi connectivity index (χ0) is 11.5. The highest BCUT2D eigenvalue weighted by molar-refractivity contribution is 5.75. The highest BCUT2D eigenvalue weighted by Crippen LogP contribution is 2.18. The van der Waals surface area contributed by atoms with Crippen molar-refractivity contribution >= 4 is 5.97 Å². The summed E-state index contributed by atoms with van der Waals surface area (Å²) in [4.78, 5) is 16.9. The average molecular weight is 215 g/mol. The van der Waals surface area contributed by atoms with E-state index in [0.717, 1.165) is 25.9 Å². The van der Waals surface area contributed by atoms with Crippen LogP contribution in [0.3, 0.4) is 0 Å². The van der Waals surface area contributed by atoms with Gasteiger partial charge in [0.1, 0.15) is 0 Å². The Kier molecular flexibility index (Phi) is 4.07. The summed E-state index contributed by atoms with van der Waals surface area (Å²) in [5.41, 5.74) is 2.30. The molecule has 0 saturated carbocycles. The molecule has 0 bridgehead atoms. The van der Waals surface area contributed by atoms with Crippen LogP contribution in [-0.4, -0.2) is 30.2 Å². The van der Waals surface area contributed by atoms with Gasteiger partial charge in [-0.3, -0.25) is 11.3 Å². The molecule has 1 saturated heterocycles. The molecule has 0 aromatic rings. The molecule has 0 unspecified atom stereocenters. The number of hydrogen-bond acceptors (Lipinski definition) is 5. The lowest BCUT2D eigenvalue weighted by Gasteiger charge is -2.31. The molecule has 1 aliphatic heterocycles. The Bertz CT molecular complexity index is 217. The number of piperidine rings is 1. The normalized spacial score (nSPS) is 20.3. The minimum Gasteiger partial charge on any atom is -0.367 e. The second kappa shape index (κ2) is 4.92. The van der Waals surface area contributed by atoms with Gasteiger partial charge in [0.05, 0.1) is 5.41 Å². The van der Waals surface area contributed by atoms with Gasteiger partial charge in [-0.15, -0.1) is 5.06 Å². The summed E-state index contributed by atoms with van der Waals surface area (Å²) in [6, 6.07) is 0.342. The molecule has 1 heterocycles. The van der Waals surface area contributed by atoms with Crippen LogP contribution < -0.4 is 11.3 Å². The fraction of sp³-hybridized carbons (Fsp3) is 0.900. The van der Waals surface area contributed by atoms with Gasteiger partial charge in [0.2, 0.25) is 0 Å². The van der Waals surface area contributed by atoms with E-state index in [1.165, 1.54) is 0 Å². The van der Waals surface area contributed by atoms with E-state index in [4.69, 9.17) is 10.7 Å². The van der Waals surface area contributed by atoms with Gasteiger partial charge >= 0.3 is 5.97 Å². The van der Waals surface area contributed by atoms with Crippen LogP contribution in [0.2, 0.25) is 0 Å². The number of hydrazine groups is 1. The van der Waals surface area contributed by atoms with Crippen molar-refractivity contribution in [2.24, 2.45) is 11.3 Å². The number of carbonyl (C=O) groups is 1. The number of hydrogen-bond donors (Lipinski definition) is 2. The van der Waals surface area contributed by atoms with E-state index < -0.39 is 5.41 Å². The minimum atomic E-state index is -0.442. The molecule has 15 heavy (non-hydrogen) atoms. The van der Waals surface area contributed by atoms with Crippen LogP contribution >= 0.6 is 0 Å². The molecule has 88 valence electrons. The molecule has 0 aromatic heterocycles. The fourth-order valence-corrected chi connectivity index (χ4v) is 1.37. The first-order valence-corrected chi connectivity index (χ1v) is 5.37. The van der Waals surface area contributed by atoms with E-state index in [2.05, 4.69) is 5.43 Å². The van der Waals surface area contributed by atoms with Crippen LogP contribution in [0, 0.1) is 5.41 Å². The van der Waals surface area contributed by atoms with E-state index in [9.17, 15) is 4.79 Å². The topological polar surface area (TPSA) is 67.6 Å². The maximum atomic E-state index is 11.6. The van der Waals surface area contributed by atoms with Gasteiger partial charge in [-0.25, -0.2) is 4.79 Å². The zero-order valence-corrected chi connectivity index (χ0v) is 9.75. The van der Waals surface area contributed by atoms with Gasteiger partial charge in [0.25, 0.3) is 0 Å². The Balaban J connectivity index is 2.33. The van der Waals surface area contributed by atoms with Crippen molar-refractivity contribution < 1.29 is 9.63 Å². The molecule has 0 aliphatic carbocycles. The molecule has 0 spiro atoms. The smallest absolute Gasteiger partial charge is 0.330 e. The number of rotatable bonds is 2. The summed E-state index contributed by atoms with van der Waals surface area (Å²) in [5.74, 6) is 5.16. The van der Waals surface area contributed by atoms with Crippen LogP contribution in [0.25, 0.3) is 0 Å². The van der Waals surface area contributed by atoms with Crippen molar-refractivity contribution in [2.45, 2.75) is 39.7 Å². The first-order chi connectivity index (χ1) is 6.93. The Hall–Kier alpha value is -0.650. The zero-order valence-electron chi connectivity index (χ0n) is 9.75. The van der Waals surface area contributed by atoms with Gasteiger partial charge in [-0.2, -0.15) is 0 Å². The van der Waals surface area contributed by atoms with Crippen LogP contribution in [-0.2, 0) is 9.63 Å². The van der Waals surface area contributed by atoms with E-state index in [1.54, 1.807) is 5.06 Å². The predicted molar refractivity (Wildman–Crippen MR) is 57.5 cm³/mol. The van der Waals surface area contributed by atoms with Crippen molar-refractivity contribution in [3.8, 4) is 0 Å². The lowest BCUT2D eigenvalue weighted by Crippen LogP contribution is -2.46. The molecule has 1 fully saturated rings. The van der Waals surface area contributed by atoms with E-state index in [1.807, 2.05) is 20.8 Å². The van der Waals surface area contributed by atoms with Gasteiger partial charge in [-0.1, -0.05) is 0 Å². The van der Waals surface area contributed by atoms with Crippen LogP contribution in [0.1, 0.15) is 33.6 Å². The van der Waals surface area contributed by atoms with Crippen molar-refractivity contribution in [1.29, 1.82) is 0 Å². The van der Waals surface area contributed by atoms with E-state index in [-0.39, 0.29) is 5.97 Å². The van der Waals surface area contributed by atoms with Gasteiger partial charge in [0, 0.05) is 19.1 Å². The molecule has 1 rings (SSSR count). The monoisotopic (exact) mass is 215 g/mol. The molecule has 5 nitrogen and oxygen atoms in total. The van der Waals surface area contributed by atoms with Crippen LogP contribution in [0.5, 0.6) is 0 Å². The lowest BCUT2D eigenvalue weighted by molar-refractivity contribution is -0.204. The van der Waals surface area contributed by atoms with Crippen LogP contribution in [0.4, 0.5) is 0 Å². The maximum Gasteiger partial charge on any atom is 0.330 e. The Morgan fingerprint density at radius 1 is 1.40 bits per heavy atom. The highest BCUT2D eigenvalue weighted by Gasteiger charge is 2.27. The molecule has 0 amide bonds. The summed E-state index contributed by atoms with van der Waals surface area (Å²) < 4.78 is 0. The molecule has 0 radical (unpaired) electrons. The van der Waals surface area contributed by atoms with Crippen molar-refractivity contribution in [2.75, 3.05) is 13.1 Å². The number of nitrogens with zero attached hydrogens (tertiary/aromatic N) is 1. The number of nitrogens with one attached hydrogen (secondary N) is 1. The summed E-state index contributed by atoms with van der Waals surface area (Å²) in [6.07, 6.45) is 1.82. The second-order valence-electron chi connectivity index (χ2n) is 5.00. The number of carbonyl (C=O) groups excluding carboxylic acids is 1. The quantitative estimate of drug-likeness (QED) is 0.516. The summed E-state index contributed by atoms with van der Waals surface area (Å²) >= 11 is 0. The highest BCUT2D eigenvalue weighted by atomic mass is 16.7. The van der Waals surface area contributed by atoms with Gasteiger partial charge in [-0.05, 0) is 33.6 Å². The van der Waals surface area contributed by atoms with Crippen molar-refractivity contribution in [3.63, 3.8) is 0 Å². The Morgan fingerprint density at radius 3 is 2.33 bits per heavy atom. The summed E-state index contributed by atoms with van der Waals surface area (Å²) in [5, 5.41) is 1.72. The number of hydroxylamine groups is 2. The van der Waals surface area contributed by atoms with Gasteiger partial charge < -0.3 is 4.84 Å². The first-order valence-electron chi connectivity index (χ1n) is 5.37. The predicted octanol–water partition coefficient (Wildman–Crippen LogP) is 0.418. The van der Waals surface area contributed by atoms with Crippen LogP contribution in [0.15, 0.2) is 0 Å². The lowest BCUT2D eigenvalue weighted by atomic mass is 9.98. The molecule has 3 N–H and O–H groups in total. The molecule has 0 aromatic carbocycles. The SMILES string of the molecule is CC(C)(C)C(=O)ON1CCC(NN)CC1. The first kappa shape index (κ1) is 12.4. The molecule has 5 heteroatoms. The molecule has 1 aliphatic rings. The average Bonchev–Trinajstić information content (AvgIpc) is 2.17. The second-order valence-corrected chi connectivity index (χ2v) is 5.00. The summed E-state index contributed by atoms with van der Waals surface area (Å²) in [6.45, 7) is 7.05. The van der Waals surface area contributed by atoms with Crippen molar-refractivity contribution in [3.05, 3.63) is 0 Å². The number of nitrogens with two attached hydrogens (primary N) is 1. The third kappa shape index (κ3) is 3.77. The fourth-order valence-electron chi connectivity index (χ4n) is 1.37. The molecule has 0 atom stereocenters. The maximum absolute atomic E-state index is 11.6. The van der Waals surface area contributed by atoms with Crippen molar-refractivity contribution in [1.82, 2.24) is 10.5 Å². The third-order valence-corrected chi connectivity index (χ3v) is 2.51. The summed E-state index contributed by atoms with van der Waals surface area (Å²) in [7, 11) is 0. The van der Waals surface area contributed by atoms with E-state index in [0.29, 0.717) is 6.04 Å².